The minimum absolute atomic E-state index is 0.194. The van der Waals surface area contributed by atoms with Crippen molar-refractivity contribution >= 4 is 5.69 Å². The summed E-state index contributed by atoms with van der Waals surface area (Å²) in [5, 5.41) is 3.29. The van der Waals surface area contributed by atoms with Crippen LogP contribution in [0.3, 0.4) is 0 Å². The van der Waals surface area contributed by atoms with Crippen LogP contribution in [0.5, 0.6) is 0 Å². The molecule has 0 aromatic heterocycles. The molecule has 94 valence electrons. The predicted octanol–water partition coefficient (Wildman–Crippen LogP) is 1.96. The van der Waals surface area contributed by atoms with Crippen LogP contribution in [0.4, 0.5) is 10.1 Å². The average Bonchev–Trinajstić information content (AvgIpc) is 2.60. The SMILES string of the molecule is Fc1ccc(NCCN2CCCOCC2)cc1. The monoisotopic (exact) mass is 238 g/mol. The van der Waals surface area contributed by atoms with Crippen molar-refractivity contribution in [1.29, 1.82) is 0 Å². The number of rotatable bonds is 4. The van der Waals surface area contributed by atoms with E-state index in [2.05, 4.69) is 10.2 Å². The van der Waals surface area contributed by atoms with E-state index in [0.717, 1.165) is 51.5 Å². The van der Waals surface area contributed by atoms with Gasteiger partial charge >= 0.3 is 0 Å². The summed E-state index contributed by atoms with van der Waals surface area (Å²) >= 11 is 0. The highest BCUT2D eigenvalue weighted by molar-refractivity contribution is 5.42. The molecule has 4 heteroatoms. The van der Waals surface area contributed by atoms with Crippen molar-refractivity contribution < 1.29 is 9.13 Å². The summed E-state index contributed by atoms with van der Waals surface area (Å²) in [5.74, 6) is -0.194. The first kappa shape index (κ1) is 12.3. The van der Waals surface area contributed by atoms with Crippen LogP contribution in [0.15, 0.2) is 24.3 Å². The predicted molar refractivity (Wildman–Crippen MR) is 66.8 cm³/mol. The molecular weight excluding hydrogens is 219 g/mol. The molecule has 0 atom stereocenters. The van der Waals surface area contributed by atoms with Gasteiger partial charge in [-0.25, -0.2) is 4.39 Å². The largest absolute Gasteiger partial charge is 0.384 e. The van der Waals surface area contributed by atoms with E-state index >= 15 is 0 Å². The molecule has 1 saturated heterocycles. The molecule has 17 heavy (non-hydrogen) atoms. The number of nitrogens with zero attached hydrogens (tertiary/aromatic N) is 1. The van der Waals surface area contributed by atoms with Gasteiger partial charge in [0.15, 0.2) is 0 Å². The fourth-order valence-electron chi connectivity index (χ4n) is 1.95. The smallest absolute Gasteiger partial charge is 0.123 e. The Morgan fingerprint density at radius 1 is 1.18 bits per heavy atom. The van der Waals surface area contributed by atoms with E-state index in [-0.39, 0.29) is 5.82 Å². The molecule has 1 aliphatic heterocycles. The van der Waals surface area contributed by atoms with Crippen molar-refractivity contribution in [3.05, 3.63) is 30.1 Å². The molecule has 0 radical (unpaired) electrons. The molecule has 0 bridgehead atoms. The summed E-state index contributed by atoms with van der Waals surface area (Å²) in [6.45, 7) is 5.70. The fourth-order valence-corrected chi connectivity index (χ4v) is 1.95. The fraction of sp³-hybridized carbons (Fsp3) is 0.538. The molecule has 1 fully saturated rings. The van der Waals surface area contributed by atoms with Gasteiger partial charge < -0.3 is 10.1 Å². The Balaban J connectivity index is 1.69. The standard InChI is InChI=1S/C13H19FN2O/c14-12-2-4-13(5-3-12)15-6-8-16-7-1-10-17-11-9-16/h2-5,15H,1,6-11H2. The van der Waals surface area contributed by atoms with E-state index in [0.29, 0.717) is 0 Å². The van der Waals surface area contributed by atoms with Gasteiger partial charge in [0.05, 0.1) is 6.61 Å². The third-order valence-corrected chi connectivity index (χ3v) is 2.92. The van der Waals surface area contributed by atoms with Crippen molar-refractivity contribution in [2.45, 2.75) is 6.42 Å². The lowest BCUT2D eigenvalue weighted by Crippen LogP contribution is -2.31. The lowest BCUT2D eigenvalue weighted by atomic mass is 10.3. The number of benzene rings is 1. The summed E-state index contributed by atoms with van der Waals surface area (Å²) in [7, 11) is 0. The molecule has 1 aliphatic rings. The highest BCUT2D eigenvalue weighted by atomic mass is 19.1. The Labute approximate surface area is 102 Å². The minimum atomic E-state index is -0.194. The van der Waals surface area contributed by atoms with Gasteiger partial charge in [-0.05, 0) is 30.7 Å². The van der Waals surface area contributed by atoms with Gasteiger partial charge in [0.2, 0.25) is 0 Å². The zero-order chi connectivity index (χ0) is 11.9. The topological polar surface area (TPSA) is 24.5 Å². The van der Waals surface area contributed by atoms with Crippen molar-refractivity contribution in [2.75, 3.05) is 44.7 Å². The molecule has 0 aliphatic carbocycles. The molecule has 1 aromatic rings. The molecule has 3 nitrogen and oxygen atoms in total. The molecular formula is C13H19FN2O. The van der Waals surface area contributed by atoms with E-state index in [4.69, 9.17) is 4.74 Å². The first-order valence-electron chi connectivity index (χ1n) is 6.14. The lowest BCUT2D eigenvalue weighted by Gasteiger charge is -2.19. The number of nitrogens with one attached hydrogen (secondary N) is 1. The average molecular weight is 238 g/mol. The third-order valence-electron chi connectivity index (χ3n) is 2.92. The van der Waals surface area contributed by atoms with Crippen LogP contribution in [0.1, 0.15) is 6.42 Å². The van der Waals surface area contributed by atoms with Crippen molar-refractivity contribution in [3.8, 4) is 0 Å². The molecule has 0 spiro atoms. The Morgan fingerprint density at radius 3 is 2.82 bits per heavy atom. The van der Waals surface area contributed by atoms with E-state index in [1.807, 2.05) is 0 Å². The van der Waals surface area contributed by atoms with Gasteiger partial charge in [-0.1, -0.05) is 0 Å². The summed E-state index contributed by atoms with van der Waals surface area (Å²) < 4.78 is 18.1. The molecule has 0 unspecified atom stereocenters. The molecule has 0 amide bonds. The van der Waals surface area contributed by atoms with E-state index in [1.54, 1.807) is 12.1 Å². The van der Waals surface area contributed by atoms with Crippen LogP contribution in [0.25, 0.3) is 0 Å². The Morgan fingerprint density at radius 2 is 2.00 bits per heavy atom. The summed E-state index contributed by atoms with van der Waals surface area (Å²) in [6, 6.07) is 6.48. The van der Waals surface area contributed by atoms with Gasteiger partial charge in [0.1, 0.15) is 5.82 Å². The second kappa shape index (κ2) is 6.57. The highest BCUT2D eigenvalue weighted by Gasteiger charge is 2.07. The van der Waals surface area contributed by atoms with E-state index in [9.17, 15) is 4.39 Å². The van der Waals surface area contributed by atoms with Crippen LogP contribution in [-0.4, -0.2) is 44.3 Å². The zero-order valence-electron chi connectivity index (χ0n) is 9.99. The molecule has 2 rings (SSSR count). The molecule has 0 saturated carbocycles. The number of hydrogen-bond donors (Lipinski definition) is 1. The highest BCUT2D eigenvalue weighted by Crippen LogP contribution is 2.07. The maximum Gasteiger partial charge on any atom is 0.123 e. The summed E-state index contributed by atoms with van der Waals surface area (Å²) in [4.78, 5) is 2.39. The van der Waals surface area contributed by atoms with Gasteiger partial charge in [-0.15, -0.1) is 0 Å². The second-order valence-corrected chi connectivity index (χ2v) is 4.24. The lowest BCUT2D eigenvalue weighted by molar-refractivity contribution is 0.142. The first-order valence-corrected chi connectivity index (χ1v) is 6.14. The number of anilines is 1. The van der Waals surface area contributed by atoms with Gasteiger partial charge in [-0.3, -0.25) is 4.90 Å². The van der Waals surface area contributed by atoms with Crippen molar-refractivity contribution in [1.82, 2.24) is 4.90 Å². The second-order valence-electron chi connectivity index (χ2n) is 4.24. The quantitative estimate of drug-likeness (QED) is 0.868. The van der Waals surface area contributed by atoms with Crippen LogP contribution in [0.2, 0.25) is 0 Å². The maximum absolute atomic E-state index is 12.7. The minimum Gasteiger partial charge on any atom is -0.384 e. The molecule has 1 aromatic carbocycles. The van der Waals surface area contributed by atoms with Crippen LogP contribution < -0.4 is 5.32 Å². The van der Waals surface area contributed by atoms with Crippen LogP contribution >= 0.6 is 0 Å². The summed E-state index contributed by atoms with van der Waals surface area (Å²) in [5.41, 5.74) is 0.970. The maximum atomic E-state index is 12.7. The third kappa shape index (κ3) is 4.32. The molecule has 1 N–H and O–H groups in total. The number of ether oxygens (including phenoxy) is 1. The Bertz CT molecular complexity index is 321. The first-order chi connectivity index (χ1) is 8.34. The Kier molecular flexibility index (Phi) is 4.76. The van der Waals surface area contributed by atoms with Crippen LogP contribution in [-0.2, 0) is 4.74 Å². The van der Waals surface area contributed by atoms with Crippen molar-refractivity contribution in [2.24, 2.45) is 0 Å². The zero-order valence-corrected chi connectivity index (χ0v) is 9.99. The van der Waals surface area contributed by atoms with Gasteiger partial charge in [0.25, 0.3) is 0 Å². The summed E-state index contributed by atoms with van der Waals surface area (Å²) in [6.07, 6.45) is 1.11. The van der Waals surface area contributed by atoms with E-state index in [1.165, 1.54) is 12.1 Å². The number of halogens is 1. The number of hydrogen-bond acceptors (Lipinski definition) is 3. The molecule has 1 heterocycles. The van der Waals surface area contributed by atoms with Gasteiger partial charge in [0, 0.05) is 38.5 Å². The normalized spacial score (nSPS) is 17.7. The van der Waals surface area contributed by atoms with Crippen LogP contribution in [0, 0.1) is 5.82 Å². The van der Waals surface area contributed by atoms with E-state index < -0.39 is 0 Å². The van der Waals surface area contributed by atoms with Crippen molar-refractivity contribution in [3.63, 3.8) is 0 Å². The van der Waals surface area contributed by atoms with Gasteiger partial charge in [-0.2, -0.15) is 0 Å². The Hall–Kier alpha value is -1.13.